The van der Waals surface area contributed by atoms with Crippen LogP contribution in [0.25, 0.3) is 0 Å². The molecule has 1 aliphatic rings. The van der Waals surface area contributed by atoms with Crippen LogP contribution in [0, 0.1) is 5.92 Å². The van der Waals surface area contributed by atoms with Gasteiger partial charge in [0.05, 0.1) is 5.69 Å². The van der Waals surface area contributed by atoms with Crippen molar-refractivity contribution < 1.29 is 0 Å². The molecule has 3 rings (SSSR count). The van der Waals surface area contributed by atoms with Gasteiger partial charge >= 0.3 is 0 Å². The van der Waals surface area contributed by atoms with E-state index in [1.807, 2.05) is 30.5 Å². The maximum Gasteiger partial charge on any atom is 0.227 e. The molecule has 1 aromatic carbocycles. The molecule has 1 aliphatic carbocycles. The maximum absolute atomic E-state index is 6.04. The lowest BCUT2D eigenvalue weighted by Gasteiger charge is -2.16. The van der Waals surface area contributed by atoms with Gasteiger partial charge < -0.3 is 10.6 Å². The fourth-order valence-electron chi connectivity index (χ4n) is 3.44. The van der Waals surface area contributed by atoms with E-state index in [2.05, 4.69) is 29.5 Å². The molecule has 6 heteroatoms. The second-order valence-electron chi connectivity index (χ2n) is 7.18. The van der Waals surface area contributed by atoms with Crippen LogP contribution in [0.2, 0.25) is 5.02 Å². The van der Waals surface area contributed by atoms with E-state index < -0.39 is 0 Å². The zero-order valence-electron chi connectivity index (χ0n) is 15.5. The van der Waals surface area contributed by atoms with Crippen LogP contribution >= 0.6 is 24.0 Å². The third-order valence-corrected chi connectivity index (χ3v) is 4.98. The summed E-state index contributed by atoms with van der Waals surface area (Å²) in [5.41, 5.74) is 3.18. The summed E-state index contributed by atoms with van der Waals surface area (Å²) < 4.78 is 0. The van der Waals surface area contributed by atoms with Crippen molar-refractivity contribution in [3.63, 3.8) is 0 Å². The number of nitrogens with one attached hydrogen (secondary N) is 2. The highest BCUT2D eigenvalue weighted by Gasteiger charge is 2.15. The van der Waals surface area contributed by atoms with Crippen molar-refractivity contribution in [1.82, 2.24) is 15.3 Å². The van der Waals surface area contributed by atoms with Gasteiger partial charge in [-0.15, -0.1) is 12.4 Å². The third kappa shape index (κ3) is 5.83. The van der Waals surface area contributed by atoms with E-state index in [0.29, 0.717) is 16.9 Å². The molecule has 142 valence electrons. The Hall–Kier alpha value is -1.36. The molecule has 0 bridgehead atoms. The largest absolute Gasteiger partial charge is 0.324 e. The summed E-state index contributed by atoms with van der Waals surface area (Å²) >= 11 is 6.04. The van der Waals surface area contributed by atoms with Crippen molar-refractivity contribution in [2.24, 2.45) is 5.92 Å². The lowest BCUT2D eigenvalue weighted by molar-refractivity contribution is 0.487. The van der Waals surface area contributed by atoms with Crippen LogP contribution < -0.4 is 10.6 Å². The standard InChI is InChI=1S/C20H27ClN4.ClH/c1-14(2)19-16(12-22-11-15-6-3-4-7-15)13-23-20(25-19)24-18-9-5-8-17(21)10-18;/h5,8-10,13-15,22H,3-4,6-7,11-12H2,1-2H3,(H,23,24,25);1H. The molecule has 1 fully saturated rings. The summed E-state index contributed by atoms with van der Waals surface area (Å²) in [5, 5.41) is 7.53. The topological polar surface area (TPSA) is 49.8 Å². The van der Waals surface area contributed by atoms with E-state index in [9.17, 15) is 0 Å². The molecule has 0 radical (unpaired) electrons. The Kier molecular flexibility index (Phi) is 8.14. The molecular weight excluding hydrogens is 367 g/mol. The van der Waals surface area contributed by atoms with Crippen molar-refractivity contribution in [2.45, 2.75) is 52.0 Å². The minimum Gasteiger partial charge on any atom is -0.324 e. The minimum absolute atomic E-state index is 0. The van der Waals surface area contributed by atoms with Gasteiger partial charge in [-0.05, 0) is 49.4 Å². The van der Waals surface area contributed by atoms with Gasteiger partial charge in [-0.3, -0.25) is 0 Å². The number of nitrogens with zero attached hydrogens (tertiary/aromatic N) is 2. The first kappa shape index (κ1) is 20.9. The summed E-state index contributed by atoms with van der Waals surface area (Å²) in [6.07, 6.45) is 7.44. The van der Waals surface area contributed by atoms with Crippen LogP contribution in [-0.4, -0.2) is 16.5 Å². The number of anilines is 2. The summed E-state index contributed by atoms with van der Waals surface area (Å²) in [7, 11) is 0. The molecule has 1 saturated carbocycles. The van der Waals surface area contributed by atoms with Crippen LogP contribution in [0.3, 0.4) is 0 Å². The van der Waals surface area contributed by atoms with E-state index >= 15 is 0 Å². The van der Waals surface area contributed by atoms with Gasteiger partial charge in [0, 0.05) is 29.0 Å². The van der Waals surface area contributed by atoms with E-state index in [1.54, 1.807) is 0 Å². The van der Waals surface area contributed by atoms with E-state index in [0.717, 1.165) is 30.4 Å². The third-order valence-electron chi connectivity index (χ3n) is 4.75. The van der Waals surface area contributed by atoms with Crippen LogP contribution in [0.15, 0.2) is 30.5 Å². The quantitative estimate of drug-likeness (QED) is 0.632. The Bertz CT molecular complexity index is 700. The van der Waals surface area contributed by atoms with E-state index in [1.165, 1.54) is 31.2 Å². The molecule has 2 aromatic rings. The van der Waals surface area contributed by atoms with Crippen LogP contribution in [0.1, 0.15) is 56.7 Å². The minimum atomic E-state index is 0. The molecule has 0 saturated heterocycles. The lowest BCUT2D eigenvalue weighted by Crippen LogP contribution is -2.22. The van der Waals surface area contributed by atoms with Gasteiger partial charge in [0.25, 0.3) is 0 Å². The van der Waals surface area contributed by atoms with Crippen molar-refractivity contribution >= 4 is 35.6 Å². The average molecular weight is 395 g/mol. The number of rotatable bonds is 7. The van der Waals surface area contributed by atoms with Gasteiger partial charge in [0.1, 0.15) is 0 Å². The molecular formula is C20H28Cl2N4. The smallest absolute Gasteiger partial charge is 0.227 e. The molecule has 4 nitrogen and oxygen atoms in total. The van der Waals surface area contributed by atoms with Gasteiger partial charge in [-0.25, -0.2) is 9.97 Å². The Labute approximate surface area is 167 Å². The number of hydrogen-bond donors (Lipinski definition) is 2. The zero-order chi connectivity index (χ0) is 17.6. The van der Waals surface area contributed by atoms with Crippen molar-refractivity contribution in [3.8, 4) is 0 Å². The highest BCUT2D eigenvalue weighted by atomic mass is 35.5. The Morgan fingerprint density at radius 1 is 1.23 bits per heavy atom. The molecule has 1 aromatic heterocycles. The summed E-state index contributed by atoms with van der Waals surface area (Å²) in [4.78, 5) is 9.23. The summed E-state index contributed by atoms with van der Waals surface area (Å²) in [6.45, 7) is 6.28. The number of benzene rings is 1. The lowest BCUT2D eigenvalue weighted by atomic mass is 10.0. The number of aromatic nitrogens is 2. The molecule has 2 N–H and O–H groups in total. The highest BCUT2D eigenvalue weighted by molar-refractivity contribution is 6.30. The van der Waals surface area contributed by atoms with Gasteiger partial charge in [-0.2, -0.15) is 0 Å². The molecule has 1 heterocycles. The van der Waals surface area contributed by atoms with Gasteiger partial charge in [0.15, 0.2) is 0 Å². The molecule has 0 spiro atoms. The second kappa shape index (κ2) is 10.1. The molecule has 0 unspecified atom stereocenters. The summed E-state index contributed by atoms with van der Waals surface area (Å²) in [5.74, 6) is 1.81. The Morgan fingerprint density at radius 3 is 2.69 bits per heavy atom. The van der Waals surface area contributed by atoms with E-state index in [4.69, 9.17) is 16.6 Å². The van der Waals surface area contributed by atoms with Gasteiger partial charge in [-0.1, -0.05) is 44.4 Å². The molecule has 26 heavy (non-hydrogen) atoms. The van der Waals surface area contributed by atoms with Gasteiger partial charge in [0.2, 0.25) is 5.95 Å². The van der Waals surface area contributed by atoms with Crippen LogP contribution in [-0.2, 0) is 6.54 Å². The Balaban J connectivity index is 0.00000243. The number of halogens is 2. The number of hydrogen-bond acceptors (Lipinski definition) is 4. The Morgan fingerprint density at radius 2 is 2.00 bits per heavy atom. The average Bonchev–Trinajstić information content (AvgIpc) is 3.09. The predicted octanol–water partition coefficient (Wildman–Crippen LogP) is 5.70. The monoisotopic (exact) mass is 394 g/mol. The first-order valence-electron chi connectivity index (χ1n) is 9.21. The normalized spacial score (nSPS) is 14.5. The predicted molar refractivity (Wildman–Crippen MR) is 112 cm³/mol. The van der Waals surface area contributed by atoms with Crippen LogP contribution in [0.5, 0.6) is 0 Å². The summed E-state index contributed by atoms with van der Waals surface area (Å²) in [6, 6.07) is 7.60. The fourth-order valence-corrected chi connectivity index (χ4v) is 3.63. The molecule has 0 atom stereocenters. The van der Waals surface area contributed by atoms with Crippen molar-refractivity contribution in [3.05, 3.63) is 46.7 Å². The first-order chi connectivity index (χ1) is 12.1. The fraction of sp³-hybridized carbons (Fsp3) is 0.500. The van der Waals surface area contributed by atoms with E-state index in [-0.39, 0.29) is 12.4 Å². The highest BCUT2D eigenvalue weighted by Crippen LogP contribution is 2.25. The van der Waals surface area contributed by atoms with Crippen LogP contribution in [0.4, 0.5) is 11.6 Å². The SMILES string of the molecule is CC(C)c1nc(Nc2cccc(Cl)c2)ncc1CNCC1CCCC1.Cl. The maximum atomic E-state index is 6.04. The molecule has 0 amide bonds. The first-order valence-corrected chi connectivity index (χ1v) is 9.58. The van der Waals surface area contributed by atoms with Crippen molar-refractivity contribution in [2.75, 3.05) is 11.9 Å². The van der Waals surface area contributed by atoms with Crippen molar-refractivity contribution in [1.29, 1.82) is 0 Å². The second-order valence-corrected chi connectivity index (χ2v) is 7.61. The molecule has 0 aliphatic heterocycles. The zero-order valence-corrected chi connectivity index (χ0v) is 17.0.